The van der Waals surface area contributed by atoms with Crippen LogP contribution >= 0.6 is 0 Å². The smallest absolute Gasteiger partial charge is 0.310 e. The minimum absolute atomic E-state index is 0.0267. The largest absolute Gasteiger partial charge is 0.481 e. The van der Waals surface area contributed by atoms with Crippen molar-refractivity contribution >= 4 is 17.6 Å². The predicted molar refractivity (Wildman–Crippen MR) is 84.4 cm³/mol. The number of amides is 1. The van der Waals surface area contributed by atoms with Gasteiger partial charge in [-0.1, -0.05) is 38.8 Å². The maximum Gasteiger partial charge on any atom is 0.310 e. The van der Waals surface area contributed by atoms with Crippen LogP contribution in [0.15, 0.2) is 24.3 Å². The highest BCUT2D eigenvalue weighted by Crippen LogP contribution is 2.21. The Balaban J connectivity index is 2.80. The van der Waals surface area contributed by atoms with E-state index in [1.165, 1.54) is 0 Å². The highest BCUT2D eigenvalue weighted by atomic mass is 16.4. The summed E-state index contributed by atoms with van der Waals surface area (Å²) >= 11 is 0. The van der Waals surface area contributed by atoms with Crippen molar-refractivity contribution in [2.24, 2.45) is 5.92 Å². The topological polar surface area (TPSA) is 66.4 Å². The highest BCUT2D eigenvalue weighted by molar-refractivity contribution is 5.92. The Morgan fingerprint density at radius 2 is 1.81 bits per heavy atom. The number of nitrogens with one attached hydrogen (secondary N) is 1. The van der Waals surface area contributed by atoms with Gasteiger partial charge in [-0.3, -0.25) is 9.59 Å². The van der Waals surface area contributed by atoms with Crippen LogP contribution in [0.3, 0.4) is 0 Å². The number of carboxylic acids is 1. The summed E-state index contributed by atoms with van der Waals surface area (Å²) in [6, 6.07) is 7.08. The number of carbonyl (C=O) groups is 2. The molecule has 21 heavy (non-hydrogen) atoms. The summed E-state index contributed by atoms with van der Waals surface area (Å²) in [5.74, 6) is -1.39. The van der Waals surface area contributed by atoms with Gasteiger partial charge in [0.1, 0.15) is 0 Å². The van der Waals surface area contributed by atoms with Crippen LogP contribution in [-0.4, -0.2) is 17.0 Å². The molecule has 1 aromatic carbocycles. The van der Waals surface area contributed by atoms with E-state index in [9.17, 15) is 9.59 Å². The van der Waals surface area contributed by atoms with Gasteiger partial charge >= 0.3 is 5.97 Å². The molecule has 0 aliphatic heterocycles. The van der Waals surface area contributed by atoms with E-state index in [1.54, 1.807) is 31.2 Å². The standard InChI is InChI=1S/C17H25NO3/c1-4-7-13(8-5-2)16(19)18-15-10-6-9-14(11-15)12(3)17(20)21/h6,9-13H,4-5,7-8H2,1-3H3,(H,18,19)(H,20,21). The number of hydrogen-bond acceptors (Lipinski definition) is 2. The molecular weight excluding hydrogens is 266 g/mol. The maximum absolute atomic E-state index is 12.3. The first-order valence-electron chi connectivity index (χ1n) is 7.63. The Hall–Kier alpha value is -1.84. The third-order valence-electron chi connectivity index (χ3n) is 3.67. The van der Waals surface area contributed by atoms with Crippen LogP contribution in [0.1, 0.15) is 57.9 Å². The molecule has 0 radical (unpaired) electrons. The number of anilines is 1. The molecule has 0 aliphatic rings. The van der Waals surface area contributed by atoms with E-state index >= 15 is 0 Å². The van der Waals surface area contributed by atoms with E-state index in [4.69, 9.17) is 5.11 Å². The normalized spacial score (nSPS) is 12.2. The highest BCUT2D eigenvalue weighted by Gasteiger charge is 2.18. The summed E-state index contributed by atoms with van der Waals surface area (Å²) in [7, 11) is 0. The van der Waals surface area contributed by atoms with Crippen molar-refractivity contribution in [2.75, 3.05) is 5.32 Å². The summed E-state index contributed by atoms with van der Waals surface area (Å²) in [6.45, 7) is 5.79. The fraction of sp³-hybridized carbons (Fsp3) is 0.529. The molecule has 2 N–H and O–H groups in total. The Labute approximate surface area is 126 Å². The lowest BCUT2D eigenvalue weighted by Gasteiger charge is -2.16. The molecule has 1 rings (SSSR count). The molecule has 0 heterocycles. The predicted octanol–water partition coefficient (Wildman–Crippen LogP) is 4.03. The Morgan fingerprint density at radius 3 is 2.33 bits per heavy atom. The molecule has 4 heteroatoms. The molecule has 116 valence electrons. The molecule has 0 aromatic heterocycles. The molecule has 1 amide bonds. The molecular formula is C17H25NO3. The van der Waals surface area contributed by atoms with Gasteiger partial charge in [0.25, 0.3) is 0 Å². The average Bonchev–Trinajstić information content (AvgIpc) is 2.46. The second-order valence-corrected chi connectivity index (χ2v) is 5.45. The van der Waals surface area contributed by atoms with Gasteiger partial charge in [0.15, 0.2) is 0 Å². The van der Waals surface area contributed by atoms with Crippen LogP contribution in [0.4, 0.5) is 5.69 Å². The van der Waals surface area contributed by atoms with E-state index in [2.05, 4.69) is 19.2 Å². The van der Waals surface area contributed by atoms with Gasteiger partial charge in [-0.2, -0.15) is 0 Å². The van der Waals surface area contributed by atoms with Crippen molar-refractivity contribution in [2.45, 2.75) is 52.4 Å². The van der Waals surface area contributed by atoms with E-state index < -0.39 is 11.9 Å². The van der Waals surface area contributed by atoms with Gasteiger partial charge in [-0.05, 0) is 37.5 Å². The Bertz CT molecular complexity index is 479. The lowest BCUT2D eigenvalue weighted by Crippen LogP contribution is -2.22. The third kappa shape index (κ3) is 5.21. The minimum Gasteiger partial charge on any atom is -0.481 e. The zero-order chi connectivity index (χ0) is 15.8. The van der Waals surface area contributed by atoms with Gasteiger partial charge in [0.2, 0.25) is 5.91 Å². The van der Waals surface area contributed by atoms with Crippen LogP contribution in [-0.2, 0) is 9.59 Å². The number of carboxylic acid groups (broad SMARTS) is 1. The van der Waals surface area contributed by atoms with Gasteiger partial charge in [-0.25, -0.2) is 0 Å². The number of aliphatic carboxylic acids is 1. The maximum atomic E-state index is 12.3. The molecule has 1 unspecified atom stereocenters. The lowest BCUT2D eigenvalue weighted by atomic mass is 9.97. The zero-order valence-electron chi connectivity index (χ0n) is 13.1. The molecule has 0 aliphatic carbocycles. The SMILES string of the molecule is CCCC(CCC)C(=O)Nc1cccc(C(C)C(=O)O)c1. The molecule has 4 nitrogen and oxygen atoms in total. The summed E-state index contributed by atoms with van der Waals surface area (Å²) in [6.07, 6.45) is 3.72. The number of benzene rings is 1. The first-order chi connectivity index (χ1) is 9.99. The van der Waals surface area contributed by atoms with Gasteiger partial charge < -0.3 is 10.4 Å². The molecule has 1 aromatic rings. The fourth-order valence-electron chi connectivity index (χ4n) is 2.38. The van der Waals surface area contributed by atoms with E-state index in [0.717, 1.165) is 25.7 Å². The van der Waals surface area contributed by atoms with Gasteiger partial charge in [0.05, 0.1) is 5.92 Å². The Morgan fingerprint density at radius 1 is 1.19 bits per heavy atom. The van der Waals surface area contributed by atoms with Crippen molar-refractivity contribution in [3.05, 3.63) is 29.8 Å². The molecule has 0 spiro atoms. The second kappa shape index (κ2) is 8.45. The first-order valence-corrected chi connectivity index (χ1v) is 7.63. The van der Waals surface area contributed by atoms with Crippen molar-refractivity contribution in [3.63, 3.8) is 0 Å². The van der Waals surface area contributed by atoms with Crippen molar-refractivity contribution in [1.29, 1.82) is 0 Å². The lowest BCUT2D eigenvalue weighted by molar-refractivity contribution is -0.138. The first kappa shape index (κ1) is 17.2. The molecule has 1 atom stereocenters. The summed E-state index contributed by atoms with van der Waals surface area (Å²) in [5.41, 5.74) is 1.37. The van der Waals surface area contributed by atoms with Crippen molar-refractivity contribution in [3.8, 4) is 0 Å². The molecule has 0 saturated carbocycles. The van der Waals surface area contributed by atoms with Crippen LogP contribution < -0.4 is 5.32 Å². The summed E-state index contributed by atoms with van der Waals surface area (Å²) in [5, 5.41) is 12.0. The number of carbonyl (C=O) groups excluding carboxylic acids is 1. The molecule has 0 bridgehead atoms. The Kier molecular flexibility index (Phi) is 6.92. The zero-order valence-corrected chi connectivity index (χ0v) is 13.1. The van der Waals surface area contributed by atoms with E-state index in [0.29, 0.717) is 11.3 Å². The summed E-state index contributed by atoms with van der Waals surface area (Å²) < 4.78 is 0. The van der Waals surface area contributed by atoms with Crippen LogP contribution in [0, 0.1) is 5.92 Å². The van der Waals surface area contributed by atoms with Gasteiger partial charge in [0, 0.05) is 11.6 Å². The van der Waals surface area contributed by atoms with E-state index in [1.807, 2.05) is 0 Å². The minimum atomic E-state index is -0.867. The van der Waals surface area contributed by atoms with Crippen molar-refractivity contribution in [1.82, 2.24) is 0 Å². The fourth-order valence-corrected chi connectivity index (χ4v) is 2.38. The second-order valence-electron chi connectivity index (χ2n) is 5.45. The monoisotopic (exact) mass is 291 g/mol. The van der Waals surface area contributed by atoms with Crippen molar-refractivity contribution < 1.29 is 14.7 Å². The summed E-state index contributed by atoms with van der Waals surface area (Å²) in [4.78, 5) is 23.3. The number of hydrogen-bond donors (Lipinski definition) is 2. The van der Waals surface area contributed by atoms with Crippen LogP contribution in [0.25, 0.3) is 0 Å². The molecule has 0 saturated heterocycles. The average molecular weight is 291 g/mol. The quantitative estimate of drug-likeness (QED) is 0.760. The number of rotatable bonds is 8. The third-order valence-corrected chi connectivity index (χ3v) is 3.67. The molecule has 0 fully saturated rings. The van der Waals surface area contributed by atoms with Gasteiger partial charge in [-0.15, -0.1) is 0 Å². The van der Waals surface area contributed by atoms with Crippen LogP contribution in [0.5, 0.6) is 0 Å². The van der Waals surface area contributed by atoms with Crippen LogP contribution in [0.2, 0.25) is 0 Å². The van der Waals surface area contributed by atoms with E-state index in [-0.39, 0.29) is 11.8 Å².